The normalized spacial score (nSPS) is 14.5. The van der Waals surface area contributed by atoms with Crippen LogP contribution in [0.2, 0.25) is 0 Å². The van der Waals surface area contributed by atoms with E-state index in [0.717, 1.165) is 10.9 Å². The van der Waals surface area contributed by atoms with Crippen molar-refractivity contribution in [2.45, 2.75) is 57.8 Å². The molecule has 190 valence electrons. The van der Waals surface area contributed by atoms with Gasteiger partial charge < -0.3 is 37.5 Å². The Morgan fingerprint density at radius 1 is 0.943 bits per heavy atom. The summed E-state index contributed by atoms with van der Waals surface area (Å²) in [6.07, 6.45) is 1.18. The lowest BCUT2D eigenvalue weighted by atomic mass is 10.0. The van der Waals surface area contributed by atoms with Gasteiger partial charge in [-0.05, 0) is 24.5 Å². The number of para-hydroxylation sites is 1. The zero-order chi connectivity index (χ0) is 26.3. The monoisotopic (exact) mass is 488 g/mol. The third-order valence-electron chi connectivity index (χ3n) is 5.41. The van der Waals surface area contributed by atoms with Crippen molar-refractivity contribution in [3.05, 3.63) is 36.0 Å². The highest BCUT2D eigenvalue weighted by Crippen LogP contribution is 2.19. The largest absolute Gasteiger partial charge is 0.480 e. The lowest BCUT2D eigenvalue weighted by molar-refractivity contribution is -0.143. The fourth-order valence-electron chi connectivity index (χ4n) is 3.48. The number of carbonyl (C=O) groups is 5. The topological polar surface area (TPSA) is 209 Å². The van der Waals surface area contributed by atoms with E-state index in [1.54, 1.807) is 20.0 Å². The average Bonchev–Trinajstić information content (AvgIpc) is 3.18. The van der Waals surface area contributed by atoms with Gasteiger partial charge >= 0.3 is 5.97 Å². The van der Waals surface area contributed by atoms with Crippen LogP contribution in [0.3, 0.4) is 0 Å². The maximum atomic E-state index is 13.1. The quantitative estimate of drug-likeness (QED) is 0.200. The Labute approximate surface area is 202 Å². The Bertz CT molecular complexity index is 1100. The second-order valence-corrected chi connectivity index (χ2v) is 8.71. The standard InChI is InChI=1S/C23H32N6O6/c1-11(2)19(23(34)35)29-22(33)16(8-13-10-26-15-7-5-4-6-14(13)15)28-21(32)17(9-18(25)30)27-20(31)12(3)24/h4-7,10-12,16-17,19,26H,8-9,24H2,1-3H3,(H2,25,30)(H,27,31)(H,28,32)(H,29,33)(H,34,35). The molecule has 4 unspecified atom stereocenters. The third-order valence-corrected chi connectivity index (χ3v) is 5.41. The fourth-order valence-corrected chi connectivity index (χ4v) is 3.48. The van der Waals surface area contributed by atoms with Crippen molar-refractivity contribution in [1.82, 2.24) is 20.9 Å². The van der Waals surface area contributed by atoms with Crippen LogP contribution in [0.5, 0.6) is 0 Å². The Kier molecular flexibility index (Phi) is 9.34. The van der Waals surface area contributed by atoms with E-state index in [2.05, 4.69) is 20.9 Å². The van der Waals surface area contributed by atoms with Gasteiger partial charge in [0.05, 0.1) is 12.5 Å². The number of carboxylic acids is 1. The number of fused-ring (bicyclic) bond motifs is 1. The number of benzene rings is 1. The van der Waals surface area contributed by atoms with Gasteiger partial charge in [0.2, 0.25) is 23.6 Å². The summed E-state index contributed by atoms with van der Waals surface area (Å²) in [5, 5.41) is 17.6. The minimum atomic E-state index is -1.37. The number of nitrogens with two attached hydrogens (primary N) is 2. The number of aromatic amines is 1. The summed E-state index contributed by atoms with van der Waals surface area (Å²) in [5.41, 5.74) is 12.3. The van der Waals surface area contributed by atoms with Crippen LogP contribution in [-0.2, 0) is 30.4 Å². The zero-order valence-corrected chi connectivity index (χ0v) is 19.8. The molecular weight excluding hydrogens is 456 g/mol. The molecule has 12 heteroatoms. The van der Waals surface area contributed by atoms with Crippen molar-refractivity contribution in [2.24, 2.45) is 17.4 Å². The zero-order valence-electron chi connectivity index (χ0n) is 19.8. The molecule has 0 bridgehead atoms. The van der Waals surface area contributed by atoms with E-state index in [-0.39, 0.29) is 6.42 Å². The summed E-state index contributed by atoms with van der Waals surface area (Å²) in [4.78, 5) is 64.4. The average molecular weight is 489 g/mol. The summed E-state index contributed by atoms with van der Waals surface area (Å²) >= 11 is 0. The lowest BCUT2D eigenvalue weighted by Crippen LogP contribution is -2.58. The molecule has 0 aliphatic carbocycles. The van der Waals surface area contributed by atoms with E-state index in [1.807, 2.05) is 24.3 Å². The highest BCUT2D eigenvalue weighted by atomic mass is 16.4. The highest BCUT2D eigenvalue weighted by molar-refractivity contribution is 5.96. The smallest absolute Gasteiger partial charge is 0.326 e. The number of primary amides is 1. The molecule has 0 aliphatic heterocycles. The predicted molar refractivity (Wildman–Crippen MR) is 128 cm³/mol. The number of nitrogens with one attached hydrogen (secondary N) is 4. The highest BCUT2D eigenvalue weighted by Gasteiger charge is 2.32. The van der Waals surface area contributed by atoms with Gasteiger partial charge in [-0.3, -0.25) is 19.2 Å². The summed E-state index contributed by atoms with van der Waals surface area (Å²) in [5.74, 6) is -4.75. The van der Waals surface area contributed by atoms with Crippen molar-refractivity contribution in [3.63, 3.8) is 0 Å². The van der Waals surface area contributed by atoms with Gasteiger partial charge in [0.25, 0.3) is 0 Å². The molecule has 4 atom stereocenters. The van der Waals surface area contributed by atoms with Crippen LogP contribution >= 0.6 is 0 Å². The maximum Gasteiger partial charge on any atom is 0.326 e. The molecule has 0 radical (unpaired) electrons. The van der Waals surface area contributed by atoms with Gasteiger partial charge in [0, 0.05) is 23.5 Å². The van der Waals surface area contributed by atoms with E-state index in [1.165, 1.54) is 6.92 Å². The van der Waals surface area contributed by atoms with Gasteiger partial charge in [0.1, 0.15) is 18.1 Å². The molecule has 12 nitrogen and oxygen atoms in total. The second-order valence-electron chi connectivity index (χ2n) is 8.71. The molecule has 9 N–H and O–H groups in total. The van der Waals surface area contributed by atoms with Crippen LogP contribution in [0, 0.1) is 5.92 Å². The van der Waals surface area contributed by atoms with Crippen molar-refractivity contribution in [3.8, 4) is 0 Å². The predicted octanol–water partition coefficient (Wildman–Crippen LogP) is -0.872. The van der Waals surface area contributed by atoms with Gasteiger partial charge in [-0.25, -0.2) is 4.79 Å². The molecular formula is C23H32N6O6. The Morgan fingerprint density at radius 3 is 2.11 bits per heavy atom. The minimum absolute atomic E-state index is 0.0105. The molecule has 0 saturated heterocycles. The van der Waals surface area contributed by atoms with Crippen LogP contribution in [0.4, 0.5) is 0 Å². The van der Waals surface area contributed by atoms with E-state index < -0.39 is 66.1 Å². The number of aromatic nitrogens is 1. The number of aliphatic carboxylic acids is 1. The summed E-state index contributed by atoms with van der Waals surface area (Å²) < 4.78 is 0. The number of hydrogen-bond donors (Lipinski definition) is 7. The molecule has 1 aromatic carbocycles. The minimum Gasteiger partial charge on any atom is -0.480 e. The number of H-pyrrole nitrogens is 1. The van der Waals surface area contributed by atoms with Crippen LogP contribution in [-0.4, -0.2) is 63.9 Å². The first-order valence-corrected chi connectivity index (χ1v) is 11.1. The molecule has 2 rings (SSSR count). The van der Waals surface area contributed by atoms with Crippen molar-refractivity contribution in [1.29, 1.82) is 0 Å². The summed E-state index contributed by atoms with van der Waals surface area (Å²) in [7, 11) is 0. The van der Waals surface area contributed by atoms with E-state index in [4.69, 9.17) is 11.5 Å². The molecule has 0 fully saturated rings. The SMILES string of the molecule is CC(N)C(=O)NC(CC(N)=O)C(=O)NC(Cc1c[nH]c2ccccc12)C(=O)NC(C(=O)O)C(C)C. The Hall–Kier alpha value is -3.93. The van der Waals surface area contributed by atoms with Gasteiger partial charge in [-0.1, -0.05) is 32.0 Å². The number of rotatable bonds is 12. The molecule has 2 aromatic rings. The Morgan fingerprint density at radius 2 is 1.54 bits per heavy atom. The van der Waals surface area contributed by atoms with E-state index in [9.17, 15) is 29.1 Å². The third kappa shape index (κ3) is 7.54. The first-order valence-electron chi connectivity index (χ1n) is 11.1. The van der Waals surface area contributed by atoms with Crippen LogP contribution < -0.4 is 27.4 Å². The van der Waals surface area contributed by atoms with Crippen LogP contribution in [0.1, 0.15) is 32.8 Å². The fraction of sp³-hybridized carbons (Fsp3) is 0.435. The maximum absolute atomic E-state index is 13.1. The number of carbonyl (C=O) groups excluding carboxylic acids is 4. The van der Waals surface area contributed by atoms with Crippen molar-refractivity contribution < 1.29 is 29.1 Å². The number of hydrogen-bond acceptors (Lipinski definition) is 6. The second kappa shape index (κ2) is 12.0. The molecule has 1 aromatic heterocycles. The molecule has 0 saturated carbocycles. The van der Waals surface area contributed by atoms with E-state index in [0.29, 0.717) is 5.56 Å². The molecule has 0 spiro atoms. The van der Waals surface area contributed by atoms with Crippen LogP contribution in [0.25, 0.3) is 10.9 Å². The van der Waals surface area contributed by atoms with Crippen LogP contribution in [0.15, 0.2) is 30.5 Å². The molecule has 35 heavy (non-hydrogen) atoms. The van der Waals surface area contributed by atoms with Crippen molar-refractivity contribution >= 4 is 40.5 Å². The summed E-state index contributed by atoms with van der Waals surface area (Å²) in [6.45, 7) is 4.68. The number of carboxylic acid groups (broad SMARTS) is 1. The molecule has 4 amide bonds. The van der Waals surface area contributed by atoms with Crippen molar-refractivity contribution in [2.75, 3.05) is 0 Å². The first-order chi connectivity index (χ1) is 16.4. The molecule has 1 heterocycles. The Balaban J connectivity index is 2.34. The van der Waals surface area contributed by atoms with Gasteiger partial charge in [0.15, 0.2) is 0 Å². The summed E-state index contributed by atoms with van der Waals surface area (Å²) in [6, 6.07) is 2.61. The number of amides is 4. The first kappa shape index (κ1) is 27.3. The van der Waals surface area contributed by atoms with Gasteiger partial charge in [-0.15, -0.1) is 0 Å². The van der Waals surface area contributed by atoms with Gasteiger partial charge in [-0.2, -0.15) is 0 Å². The molecule has 0 aliphatic rings. The lowest BCUT2D eigenvalue weighted by Gasteiger charge is -2.25. The van der Waals surface area contributed by atoms with E-state index >= 15 is 0 Å².